The molecule has 0 saturated heterocycles. The Morgan fingerprint density at radius 3 is 1.65 bits per heavy atom. The molecule has 0 atom stereocenters. The van der Waals surface area contributed by atoms with Crippen LogP contribution in [0.25, 0.3) is 0 Å². The van der Waals surface area contributed by atoms with Crippen LogP contribution in [0.1, 0.15) is 44.1 Å². The fourth-order valence-electron chi connectivity index (χ4n) is 1.67. The maximum Gasteiger partial charge on any atom is 0.161 e. The van der Waals surface area contributed by atoms with Crippen molar-refractivity contribution in [3.63, 3.8) is 0 Å². The quantitative estimate of drug-likeness (QED) is 0.657. The van der Waals surface area contributed by atoms with Crippen LogP contribution in [0.3, 0.4) is 0 Å². The average Bonchev–Trinajstić information content (AvgIpc) is 2.41. The van der Waals surface area contributed by atoms with Crippen molar-refractivity contribution in [1.29, 1.82) is 0 Å². The molecule has 1 fully saturated rings. The molecule has 1 aromatic carbocycles. The van der Waals surface area contributed by atoms with Crippen molar-refractivity contribution in [3.05, 3.63) is 35.4 Å². The molecule has 1 nitrogen and oxygen atoms in total. The van der Waals surface area contributed by atoms with E-state index in [0.29, 0.717) is 5.56 Å². The first-order valence-electron chi connectivity index (χ1n) is 5.91. The first-order valence-corrected chi connectivity index (χ1v) is 5.91. The Bertz CT molecular complexity index is 277. The summed E-state index contributed by atoms with van der Waals surface area (Å²) in [5.74, 6) is -1.53. The molecular formula is C14H20F2O. The van der Waals surface area contributed by atoms with E-state index in [1.54, 1.807) is 0 Å². The van der Waals surface area contributed by atoms with Crippen LogP contribution in [0.5, 0.6) is 0 Å². The summed E-state index contributed by atoms with van der Waals surface area (Å²) in [5, 5.41) is 0. The summed E-state index contributed by atoms with van der Waals surface area (Å²) < 4.78 is 24.6. The van der Waals surface area contributed by atoms with Gasteiger partial charge in [-0.15, -0.1) is 0 Å². The molecule has 0 unspecified atom stereocenters. The predicted molar refractivity (Wildman–Crippen MR) is 65.9 cm³/mol. The molecule has 1 saturated carbocycles. The van der Waals surface area contributed by atoms with Gasteiger partial charge in [-0.2, -0.15) is 0 Å². The maximum atomic E-state index is 12.4. The summed E-state index contributed by atoms with van der Waals surface area (Å²) in [4.78, 5) is 8.00. The van der Waals surface area contributed by atoms with Crippen LogP contribution < -0.4 is 0 Å². The minimum absolute atomic E-state index is 0.343. The molecule has 0 amide bonds. The zero-order valence-corrected chi connectivity index (χ0v) is 10.3. The number of hydrogen-bond donors (Lipinski definition) is 0. The normalized spacial score (nSPS) is 13.8. The molecule has 0 aliphatic heterocycles. The molecule has 1 aliphatic carbocycles. The number of carbonyl (C=O) groups is 1. The van der Waals surface area contributed by atoms with Crippen LogP contribution in [0, 0.1) is 18.6 Å². The van der Waals surface area contributed by atoms with Gasteiger partial charge in [0, 0.05) is 0 Å². The number of carbonyl (C=O) groups excluding carboxylic acids is 1. The van der Waals surface area contributed by atoms with Crippen LogP contribution in [0.2, 0.25) is 0 Å². The molecule has 96 valence electrons. The van der Waals surface area contributed by atoms with Crippen molar-refractivity contribution in [2.75, 3.05) is 0 Å². The van der Waals surface area contributed by atoms with E-state index in [9.17, 15) is 8.78 Å². The van der Waals surface area contributed by atoms with Crippen LogP contribution in [-0.2, 0) is 4.79 Å². The molecule has 2 rings (SSSR count). The van der Waals surface area contributed by atoms with Crippen molar-refractivity contribution in [3.8, 4) is 0 Å². The van der Waals surface area contributed by atoms with E-state index in [0.717, 1.165) is 6.07 Å². The van der Waals surface area contributed by atoms with Gasteiger partial charge in [0.05, 0.1) is 0 Å². The summed E-state index contributed by atoms with van der Waals surface area (Å²) in [6.45, 7) is 3.53. The first-order chi connectivity index (χ1) is 8.22. The van der Waals surface area contributed by atoms with E-state index >= 15 is 0 Å². The van der Waals surface area contributed by atoms with Gasteiger partial charge in [-0.1, -0.05) is 50.7 Å². The second kappa shape index (κ2) is 9.94. The third-order valence-corrected chi connectivity index (χ3v) is 2.64. The number of aryl methyl sites for hydroxylation is 1. The number of halogens is 2. The maximum absolute atomic E-state index is 12.4. The first kappa shape index (κ1) is 15.8. The second-order valence-corrected chi connectivity index (χ2v) is 3.99. The van der Waals surface area contributed by atoms with Crippen molar-refractivity contribution >= 4 is 6.79 Å². The molecule has 1 aliphatic rings. The zero-order valence-electron chi connectivity index (χ0n) is 10.3. The molecule has 0 spiro atoms. The highest BCUT2D eigenvalue weighted by atomic mass is 19.2. The second-order valence-electron chi connectivity index (χ2n) is 3.99. The molecule has 0 N–H and O–H groups in total. The fraction of sp³-hybridized carbons (Fsp3) is 0.500. The summed E-state index contributed by atoms with van der Waals surface area (Å²) in [5.41, 5.74) is 0.343. The smallest absolute Gasteiger partial charge is 0.161 e. The Hall–Kier alpha value is -1.25. The van der Waals surface area contributed by atoms with E-state index in [1.807, 2.05) is 6.79 Å². The van der Waals surface area contributed by atoms with Gasteiger partial charge in [-0.25, -0.2) is 8.78 Å². The van der Waals surface area contributed by atoms with Gasteiger partial charge in [-0.05, 0) is 18.6 Å². The summed E-state index contributed by atoms with van der Waals surface area (Å²) in [7, 11) is 0. The SMILES string of the molecule is C1CCCCC1.C=O.Cc1cccc(F)c1F. The average molecular weight is 242 g/mol. The van der Waals surface area contributed by atoms with Gasteiger partial charge in [0.25, 0.3) is 0 Å². The number of hydrogen-bond acceptors (Lipinski definition) is 1. The van der Waals surface area contributed by atoms with Crippen LogP contribution in [-0.4, -0.2) is 6.79 Å². The Labute approximate surface area is 102 Å². The lowest BCUT2D eigenvalue weighted by Gasteiger charge is -2.05. The Kier molecular flexibility index (Phi) is 9.21. The van der Waals surface area contributed by atoms with Crippen molar-refractivity contribution in [1.82, 2.24) is 0 Å². The molecule has 3 heteroatoms. The zero-order chi connectivity index (χ0) is 13.1. The summed E-state index contributed by atoms with van der Waals surface area (Å²) in [6.07, 6.45) is 9.00. The van der Waals surface area contributed by atoms with Crippen molar-refractivity contribution in [2.24, 2.45) is 0 Å². The van der Waals surface area contributed by atoms with Crippen LogP contribution in [0.15, 0.2) is 18.2 Å². The molecule has 0 heterocycles. The van der Waals surface area contributed by atoms with Gasteiger partial charge in [-0.3, -0.25) is 0 Å². The lowest BCUT2D eigenvalue weighted by Crippen LogP contribution is -1.85. The van der Waals surface area contributed by atoms with Gasteiger partial charge < -0.3 is 4.79 Å². The topological polar surface area (TPSA) is 17.1 Å². The van der Waals surface area contributed by atoms with E-state index < -0.39 is 11.6 Å². The highest BCUT2D eigenvalue weighted by Crippen LogP contribution is 2.15. The fourth-order valence-corrected chi connectivity index (χ4v) is 1.67. The monoisotopic (exact) mass is 242 g/mol. The van der Waals surface area contributed by atoms with E-state index in [2.05, 4.69) is 0 Å². The lowest BCUT2D eigenvalue weighted by molar-refractivity contribution is -0.0979. The van der Waals surface area contributed by atoms with Gasteiger partial charge in [0.2, 0.25) is 0 Å². The molecule has 0 radical (unpaired) electrons. The lowest BCUT2D eigenvalue weighted by atomic mass is 10.0. The highest BCUT2D eigenvalue weighted by Gasteiger charge is 2.00. The third kappa shape index (κ3) is 6.82. The van der Waals surface area contributed by atoms with Gasteiger partial charge in [0.1, 0.15) is 6.79 Å². The molecular weight excluding hydrogens is 222 g/mol. The third-order valence-electron chi connectivity index (χ3n) is 2.64. The molecule has 0 aromatic heterocycles. The molecule has 1 aromatic rings. The van der Waals surface area contributed by atoms with Crippen molar-refractivity contribution < 1.29 is 13.6 Å². The van der Waals surface area contributed by atoms with E-state index in [-0.39, 0.29) is 0 Å². The van der Waals surface area contributed by atoms with Crippen LogP contribution >= 0.6 is 0 Å². The Morgan fingerprint density at radius 1 is 0.941 bits per heavy atom. The summed E-state index contributed by atoms with van der Waals surface area (Å²) >= 11 is 0. The van der Waals surface area contributed by atoms with Gasteiger partial charge >= 0.3 is 0 Å². The number of rotatable bonds is 0. The minimum atomic E-state index is -0.782. The van der Waals surface area contributed by atoms with Crippen LogP contribution in [0.4, 0.5) is 8.78 Å². The predicted octanol–water partition coefficient (Wildman–Crippen LogP) is 4.43. The summed E-state index contributed by atoms with van der Waals surface area (Å²) in [6, 6.07) is 4.11. The Morgan fingerprint density at radius 2 is 1.35 bits per heavy atom. The Balaban J connectivity index is 0.000000278. The van der Waals surface area contributed by atoms with Gasteiger partial charge in [0.15, 0.2) is 11.6 Å². The van der Waals surface area contributed by atoms with Crippen molar-refractivity contribution in [2.45, 2.75) is 45.4 Å². The standard InChI is InChI=1S/C7H6F2.C6H12.CH2O/c1-5-3-2-4-6(8)7(5)9;1-2-4-6-5-3-1;1-2/h2-4H,1H3;1-6H2;1H2. The molecule has 17 heavy (non-hydrogen) atoms. The van der Waals surface area contributed by atoms with E-state index in [1.165, 1.54) is 57.6 Å². The number of benzene rings is 1. The van der Waals surface area contributed by atoms with E-state index in [4.69, 9.17) is 4.79 Å². The minimum Gasteiger partial charge on any atom is -0.307 e. The molecule has 0 bridgehead atoms. The highest BCUT2D eigenvalue weighted by molar-refractivity contribution is 5.16. The largest absolute Gasteiger partial charge is 0.307 e.